The minimum atomic E-state index is -0.316. The molecule has 3 N–H and O–H groups in total. The molecule has 2 aromatic rings. The number of carbonyl (C=O) groups excluding carboxylic acids is 2. The zero-order valence-corrected chi connectivity index (χ0v) is 13.3. The lowest BCUT2D eigenvalue weighted by atomic mass is 10.0. The summed E-state index contributed by atoms with van der Waals surface area (Å²) in [5, 5.41) is 15.6. The lowest BCUT2D eigenvalue weighted by Gasteiger charge is -2.23. The zero-order chi connectivity index (χ0) is 16.9. The molecule has 0 aromatic heterocycles. The van der Waals surface area contributed by atoms with E-state index in [1.165, 1.54) is 0 Å². The molecule has 124 valence electrons. The number of hydrogen-bond acceptors (Lipinski definition) is 3. The van der Waals surface area contributed by atoms with E-state index in [1.54, 1.807) is 12.1 Å². The number of nitrogens with one attached hydrogen (secondary N) is 2. The van der Waals surface area contributed by atoms with E-state index in [2.05, 4.69) is 10.6 Å². The average Bonchev–Trinajstić information content (AvgIpc) is 2.59. The minimum Gasteiger partial charge on any atom is -0.507 e. The third-order valence-corrected chi connectivity index (χ3v) is 4.16. The quantitative estimate of drug-likeness (QED) is 0.805. The van der Waals surface area contributed by atoms with Gasteiger partial charge in [0.25, 0.3) is 5.91 Å². The Bertz CT molecular complexity index is 734. The van der Waals surface area contributed by atoms with E-state index in [0.717, 1.165) is 11.1 Å². The molecule has 1 aliphatic heterocycles. The van der Waals surface area contributed by atoms with Gasteiger partial charge in [-0.3, -0.25) is 9.59 Å². The summed E-state index contributed by atoms with van der Waals surface area (Å²) in [7, 11) is 0. The van der Waals surface area contributed by atoms with E-state index < -0.39 is 0 Å². The van der Waals surface area contributed by atoms with E-state index in [9.17, 15) is 14.7 Å². The monoisotopic (exact) mass is 324 g/mol. The van der Waals surface area contributed by atoms with E-state index in [1.807, 2.05) is 36.4 Å². The molecule has 3 rings (SSSR count). The molecule has 0 aliphatic carbocycles. The van der Waals surface area contributed by atoms with Crippen molar-refractivity contribution < 1.29 is 14.7 Å². The van der Waals surface area contributed by atoms with Crippen LogP contribution in [0.4, 0.5) is 0 Å². The molecule has 0 saturated carbocycles. The molecule has 1 heterocycles. The van der Waals surface area contributed by atoms with Gasteiger partial charge in [0.2, 0.25) is 5.91 Å². The lowest BCUT2D eigenvalue weighted by molar-refractivity contribution is -0.122. The fourth-order valence-corrected chi connectivity index (χ4v) is 2.83. The third kappa shape index (κ3) is 3.93. The molecule has 24 heavy (non-hydrogen) atoms. The van der Waals surface area contributed by atoms with Gasteiger partial charge in [-0.25, -0.2) is 0 Å². The largest absolute Gasteiger partial charge is 0.507 e. The molecule has 2 aromatic carbocycles. The van der Waals surface area contributed by atoms with Crippen LogP contribution in [0.1, 0.15) is 34.3 Å². The maximum Gasteiger partial charge on any atom is 0.255 e. The van der Waals surface area contributed by atoms with Gasteiger partial charge in [0.1, 0.15) is 5.75 Å². The summed E-state index contributed by atoms with van der Waals surface area (Å²) in [5.74, 6) is -0.346. The first-order valence-corrected chi connectivity index (χ1v) is 8.05. The summed E-state index contributed by atoms with van der Waals surface area (Å²) >= 11 is 0. The Morgan fingerprint density at radius 3 is 2.67 bits per heavy atom. The SMILES string of the molecule is O=C1CC[C@@H](NC(=O)c2cc(Cc3ccccc3)ccc2O)CN1. The summed E-state index contributed by atoms with van der Waals surface area (Å²) in [6.45, 7) is 0.426. The molecular weight excluding hydrogens is 304 g/mol. The zero-order valence-electron chi connectivity index (χ0n) is 13.3. The van der Waals surface area contributed by atoms with Gasteiger partial charge in [0.15, 0.2) is 0 Å². The molecule has 1 aliphatic rings. The maximum absolute atomic E-state index is 12.4. The van der Waals surface area contributed by atoms with Crippen LogP contribution in [0, 0.1) is 0 Å². The summed E-state index contributed by atoms with van der Waals surface area (Å²) in [5.41, 5.74) is 2.37. The first-order chi connectivity index (χ1) is 11.6. The molecule has 0 unspecified atom stereocenters. The third-order valence-electron chi connectivity index (χ3n) is 4.16. The van der Waals surface area contributed by atoms with Crippen molar-refractivity contribution >= 4 is 11.8 Å². The molecule has 2 amide bonds. The van der Waals surface area contributed by atoms with Gasteiger partial charge in [-0.2, -0.15) is 0 Å². The number of benzene rings is 2. The highest BCUT2D eigenvalue weighted by atomic mass is 16.3. The maximum atomic E-state index is 12.4. The number of rotatable bonds is 4. The normalized spacial score (nSPS) is 17.2. The van der Waals surface area contributed by atoms with E-state index in [0.29, 0.717) is 25.8 Å². The number of piperidine rings is 1. The number of hydrogen-bond donors (Lipinski definition) is 3. The van der Waals surface area contributed by atoms with Crippen LogP contribution in [0.3, 0.4) is 0 Å². The number of phenolic OH excluding ortho intramolecular Hbond substituents is 1. The van der Waals surface area contributed by atoms with Crippen LogP contribution in [0.25, 0.3) is 0 Å². The Labute approximate surface area is 140 Å². The van der Waals surface area contributed by atoms with Gasteiger partial charge < -0.3 is 15.7 Å². The molecule has 0 spiro atoms. The molecule has 5 heteroatoms. The van der Waals surface area contributed by atoms with Gasteiger partial charge in [-0.05, 0) is 36.1 Å². The second-order valence-electron chi connectivity index (χ2n) is 6.03. The van der Waals surface area contributed by atoms with Gasteiger partial charge in [-0.1, -0.05) is 36.4 Å². The predicted molar refractivity (Wildman–Crippen MR) is 90.9 cm³/mol. The summed E-state index contributed by atoms with van der Waals surface area (Å²) in [6, 6.07) is 14.9. The Kier molecular flexibility index (Phi) is 4.79. The Hall–Kier alpha value is -2.82. The second-order valence-corrected chi connectivity index (χ2v) is 6.03. The number of carbonyl (C=O) groups is 2. The first-order valence-electron chi connectivity index (χ1n) is 8.05. The van der Waals surface area contributed by atoms with Crippen molar-refractivity contribution in [1.29, 1.82) is 0 Å². The van der Waals surface area contributed by atoms with Crippen LogP contribution in [0.15, 0.2) is 48.5 Å². The van der Waals surface area contributed by atoms with Crippen LogP contribution in [0.2, 0.25) is 0 Å². The van der Waals surface area contributed by atoms with Gasteiger partial charge >= 0.3 is 0 Å². The lowest BCUT2D eigenvalue weighted by Crippen LogP contribution is -2.47. The van der Waals surface area contributed by atoms with Gasteiger partial charge in [-0.15, -0.1) is 0 Å². The van der Waals surface area contributed by atoms with Crippen molar-refractivity contribution in [3.05, 3.63) is 65.2 Å². The van der Waals surface area contributed by atoms with Crippen LogP contribution >= 0.6 is 0 Å². The molecular formula is C19H20N2O3. The molecule has 0 bridgehead atoms. The highest BCUT2D eigenvalue weighted by molar-refractivity contribution is 5.97. The second kappa shape index (κ2) is 7.17. The molecule has 1 fully saturated rings. The minimum absolute atomic E-state index is 0.00760. The molecule has 0 radical (unpaired) electrons. The van der Waals surface area contributed by atoms with Crippen molar-refractivity contribution in [3.63, 3.8) is 0 Å². The first kappa shape index (κ1) is 16.1. The van der Waals surface area contributed by atoms with Crippen molar-refractivity contribution in [2.24, 2.45) is 0 Å². The van der Waals surface area contributed by atoms with E-state index >= 15 is 0 Å². The van der Waals surface area contributed by atoms with Crippen LogP contribution < -0.4 is 10.6 Å². The highest BCUT2D eigenvalue weighted by Gasteiger charge is 2.21. The predicted octanol–water partition coefficient (Wildman–Crippen LogP) is 1.99. The van der Waals surface area contributed by atoms with E-state index in [4.69, 9.17) is 0 Å². The summed E-state index contributed by atoms with van der Waals surface area (Å²) in [6.07, 6.45) is 1.72. The fraction of sp³-hybridized carbons (Fsp3) is 0.263. The topological polar surface area (TPSA) is 78.4 Å². The molecule has 1 saturated heterocycles. The molecule has 5 nitrogen and oxygen atoms in total. The molecule has 1 atom stereocenters. The van der Waals surface area contributed by atoms with Crippen LogP contribution in [0.5, 0.6) is 5.75 Å². The Balaban J connectivity index is 1.71. The van der Waals surface area contributed by atoms with Crippen molar-refractivity contribution in [2.45, 2.75) is 25.3 Å². The average molecular weight is 324 g/mol. The van der Waals surface area contributed by atoms with Crippen LogP contribution in [-0.2, 0) is 11.2 Å². The fourth-order valence-electron chi connectivity index (χ4n) is 2.83. The van der Waals surface area contributed by atoms with Crippen molar-refractivity contribution in [2.75, 3.05) is 6.54 Å². The smallest absolute Gasteiger partial charge is 0.255 e. The van der Waals surface area contributed by atoms with Crippen molar-refractivity contribution in [1.82, 2.24) is 10.6 Å². The highest BCUT2D eigenvalue weighted by Crippen LogP contribution is 2.21. The number of phenols is 1. The van der Waals surface area contributed by atoms with Crippen molar-refractivity contribution in [3.8, 4) is 5.75 Å². The Morgan fingerprint density at radius 1 is 1.17 bits per heavy atom. The summed E-state index contributed by atoms with van der Waals surface area (Å²) in [4.78, 5) is 23.6. The summed E-state index contributed by atoms with van der Waals surface area (Å²) < 4.78 is 0. The number of amides is 2. The van der Waals surface area contributed by atoms with Crippen LogP contribution in [-0.4, -0.2) is 29.5 Å². The standard InChI is InChI=1S/C19H20N2O3/c22-17-8-6-14(10-13-4-2-1-3-5-13)11-16(17)19(24)21-15-7-9-18(23)20-12-15/h1-6,8,11,15,22H,7,9-10,12H2,(H,20,23)(H,21,24)/t15-/m1/s1. The number of aromatic hydroxyl groups is 1. The van der Waals surface area contributed by atoms with Gasteiger partial charge in [0, 0.05) is 19.0 Å². The van der Waals surface area contributed by atoms with E-state index in [-0.39, 0.29) is 29.2 Å². The Morgan fingerprint density at radius 2 is 1.96 bits per heavy atom. The van der Waals surface area contributed by atoms with Gasteiger partial charge in [0.05, 0.1) is 5.56 Å².